The van der Waals surface area contributed by atoms with Crippen LogP contribution in [0.25, 0.3) is 0 Å². The highest BCUT2D eigenvalue weighted by Gasteiger charge is 2.12. The smallest absolute Gasteiger partial charge is 0.0186 e. The van der Waals surface area contributed by atoms with Gasteiger partial charge < -0.3 is 5.73 Å². The van der Waals surface area contributed by atoms with Crippen LogP contribution in [0.2, 0.25) is 0 Å². The second-order valence-electron chi connectivity index (χ2n) is 5.63. The van der Waals surface area contributed by atoms with Gasteiger partial charge in [0, 0.05) is 21.2 Å². The van der Waals surface area contributed by atoms with E-state index in [0.717, 1.165) is 16.6 Å². The first-order valence-corrected chi connectivity index (χ1v) is 7.79. The van der Waals surface area contributed by atoms with Crippen molar-refractivity contribution in [2.75, 3.05) is 5.75 Å². The molecule has 0 aliphatic heterocycles. The normalized spacial score (nSPS) is 13.7. The molecule has 1 nitrogen and oxygen atoms in total. The molecule has 0 heterocycles. The molecule has 17 heavy (non-hydrogen) atoms. The zero-order chi connectivity index (χ0) is 12.9. The minimum atomic E-state index is 0.290. The number of halogens is 1. The van der Waals surface area contributed by atoms with Crippen LogP contribution in [0, 0.1) is 5.41 Å². The van der Waals surface area contributed by atoms with E-state index in [0.29, 0.717) is 11.5 Å². The molecule has 1 rings (SSSR count). The summed E-state index contributed by atoms with van der Waals surface area (Å²) in [6.07, 6.45) is 2.29. The Kier molecular flexibility index (Phi) is 6.04. The lowest BCUT2D eigenvalue weighted by Crippen LogP contribution is -2.24. The Morgan fingerprint density at radius 1 is 1.35 bits per heavy atom. The first-order chi connectivity index (χ1) is 7.87. The molecule has 0 fully saturated rings. The third-order valence-electron chi connectivity index (χ3n) is 2.53. The summed E-state index contributed by atoms with van der Waals surface area (Å²) < 4.78 is 1.13. The van der Waals surface area contributed by atoms with Gasteiger partial charge in [0.15, 0.2) is 0 Å². The van der Waals surface area contributed by atoms with E-state index in [9.17, 15) is 0 Å². The lowest BCUT2D eigenvalue weighted by molar-refractivity contribution is 0.353. The highest BCUT2D eigenvalue weighted by molar-refractivity contribution is 9.10. The third kappa shape index (κ3) is 7.12. The van der Waals surface area contributed by atoms with Crippen LogP contribution in [0.3, 0.4) is 0 Å². The molecule has 1 atom stereocenters. The van der Waals surface area contributed by atoms with Gasteiger partial charge in [0.25, 0.3) is 0 Å². The van der Waals surface area contributed by atoms with E-state index < -0.39 is 0 Å². The van der Waals surface area contributed by atoms with Crippen LogP contribution in [0.5, 0.6) is 0 Å². The molecule has 0 aliphatic carbocycles. The van der Waals surface area contributed by atoms with E-state index in [1.165, 1.54) is 11.3 Å². The van der Waals surface area contributed by atoms with Crippen molar-refractivity contribution in [3.63, 3.8) is 0 Å². The van der Waals surface area contributed by atoms with Crippen LogP contribution in [-0.2, 0) is 0 Å². The second-order valence-corrected chi connectivity index (χ2v) is 7.64. The quantitative estimate of drug-likeness (QED) is 0.797. The Balaban J connectivity index is 2.31. The van der Waals surface area contributed by atoms with Crippen molar-refractivity contribution in [3.05, 3.63) is 28.7 Å². The second kappa shape index (κ2) is 6.81. The molecule has 0 saturated heterocycles. The molecule has 1 aromatic carbocycles. The zero-order valence-corrected chi connectivity index (χ0v) is 13.3. The Hall–Kier alpha value is 0.01000. The number of rotatable bonds is 5. The van der Waals surface area contributed by atoms with Crippen molar-refractivity contribution >= 4 is 27.7 Å². The largest absolute Gasteiger partial charge is 0.327 e. The molecule has 2 N–H and O–H groups in total. The van der Waals surface area contributed by atoms with Crippen LogP contribution in [0.4, 0.5) is 0 Å². The molecule has 0 amide bonds. The van der Waals surface area contributed by atoms with E-state index >= 15 is 0 Å². The SMILES string of the molecule is CC(C)(C)CCC(N)CSc1cccc(Br)c1. The first-order valence-electron chi connectivity index (χ1n) is 6.01. The summed E-state index contributed by atoms with van der Waals surface area (Å²) in [5, 5.41) is 0. The average molecular weight is 316 g/mol. The van der Waals surface area contributed by atoms with Crippen LogP contribution < -0.4 is 5.73 Å². The van der Waals surface area contributed by atoms with Crippen molar-refractivity contribution in [2.45, 2.75) is 44.6 Å². The third-order valence-corrected chi connectivity index (χ3v) is 4.20. The number of nitrogens with two attached hydrogens (primary N) is 1. The summed E-state index contributed by atoms with van der Waals surface area (Å²) in [7, 11) is 0. The number of hydrogen-bond acceptors (Lipinski definition) is 2. The molecule has 1 aromatic rings. The Morgan fingerprint density at radius 3 is 2.65 bits per heavy atom. The van der Waals surface area contributed by atoms with Crippen LogP contribution in [-0.4, -0.2) is 11.8 Å². The molecule has 0 radical (unpaired) electrons. The maximum atomic E-state index is 6.13. The van der Waals surface area contributed by atoms with Crippen molar-refractivity contribution < 1.29 is 0 Å². The van der Waals surface area contributed by atoms with E-state index in [1.54, 1.807) is 0 Å². The molecule has 0 aromatic heterocycles. The molecule has 0 spiro atoms. The predicted molar refractivity (Wildman–Crippen MR) is 81.5 cm³/mol. The number of hydrogen-bond donors (Lipinski definition) is 1. The van der Waals surface area contributed by atoms with E-state index in [2.05, 4.69) is 54.9 Å². The van der Waals surface area contributed by atoms with Gasteiger partial charge in [0.2, 0.25) is 0 Å². The van der Waals surface area contributed by atoms with Gasteiger partial charge in [-0.05, 0) is 36.5 Å². The van der Waals surface area contributed by atoms with Gasteiger partial charge >= 0.3 is 0 Å². The molecule has 0 aliphatic rings. The Bertz CT molecular complexity index is 346. The van der Waals surface area contributed by atoms with Crippen LogP contribution in [0.15, 0.2) is 33.6 Å². The van der Waals surface area contributed by atoms with Gasteiger partial charge in [-0.1, -0.05) is 42.8 Å². The summed E-state index contributed by atoms with van der Waals surface area (Å²) >= 11 is 5.32. The zero-order valence-electron chi connectivity index (χ0n) is 10.9. The standard InChI is InChI=1S/C14H22BrNS/c1-14(2,3)8-7-12(16)10-17-13-6-4-5-11(15)9-13/h4-6,9,12H,7-8,10,16H2,1-3H3. The maximum Gasteiger partial charge on any atom is 0.0186 e. The maximum absolute atomic E-state index is 6.13. The summed E-state index contributed by atoms with van der Waals surface area (Å²) in [4.78, 5) is 1.28. The summed E-state index contributed by atoms with van der Waals surface area (Å²) in [6.45, 7) is 6.80. The minimum Gasteiger partial charge on any atom is -0.327 e. The van der Waals surface area contributed by atoms with E-state index in [1.807, 2.05) is 17.8 Å². The fourth-order valence-corrected chi connectivity index (χ4v) is 2.97. The van der Waals surface area contributed by atoms with Gasteiger partial charge in [0.1, 0.15) is 0 Å². The fraction of sp³-hybridized carbons (Fsp3) is 0.571. The van der Waals surface area contributed by atoms with Crippen molar-refractivity contribution in [2.24, 2.45) is 11.1 Å². The van der Waals surface area contributed by atoms with Gasteiger partial charge in [0.05, 0.1) is 0 Å². The molecule has 0 bridgehead atoms. The molecular formula is C14H22BrNS. The first kappa shape index (κ1) is 15.1. The lowest BCUT2D eigenvalue weighted by atomic mass is 9.89. The van der Waals surface area contributed by atoms with Gasteiger partial charge in [-0.2, -0.15) is 0 Å². The number of benzene rings is 1. The van der Waals surface area contributed by atoms with Crippen molar-refractivity contribution in [1.82, 2.24) is 0 Å². The topological polar surface area (TPSA) is 26.0 Å². The van der Waals surface area contributed by atoms with E-state index in [4.69, 9.17) is 5.73 Å². The molecule has 1 unspecified atom stereocenters. The van der Waals surface area contributed by atoms with Gasteiger partial charge in [-0.15, -0.1) is 11.8 Å². The Labute approximate surface area is 118 Å². The highest BCUT2D eigenvalue weighted by atomic mass is 79.9. The predicted octanol–water partition coefficient (Wildman–Crippen LogP) is 4.69. The van der Waals surface area contributed by atoms with Crippen LogP contribution >= 0.6 is 27.7 Å². The fourth-order valence-electron chi connectivity index (χ4n) is 1.46. The average Bonchev–Trinajstić information content (AvgIpc) is 2.23. The van der Waals surface area contributed by atoms with E-state index in [-0.39, 0.29) is 0 Å². The molecule has 0 saturated carbocycles. The van der Waals surface area contributed by atoms with Crippen molar-refractivity contribution in [1.29, 1.82) is 0 Å². The summed E-state index contributed by atoms with van der Waals surface area (Å²) in [6, 6.07) is 8.67. The van der Waals surface area contributed by atoms with Gasteiger partial charge in [-0.3, -0.25) is 0 Å². The van der Waals surface area contributed by atoms with Gasteiger partial charge in [-0.25, -0.2) is 0 Å². The van der Waals surface area contributed by atoms with Crippen molar-refractivity contribution in [3.8, 4) is 0 Å². The summed E-state index contributed by atoms with van der Waals surface area (Å²) in [5.41, 5.74) is 6.52. The minimum absolute atomic E-state index is 0.290. The number of thioether (sulfide) groups is 1. The van der Waals surface area contributed by atoms with Crippen LogP contribution in [0.1, 0.15) is 33.6 Å². The summed E-state index contributed by atoms with van der Waals surface area (Å²) in [5.74, 6) is 0.993. The highest BCUT2D eigenvalue weighted by Crippen LogP contribution is 2.25. The molecule has 3 heteroatoms. The monoisotopic (exact) mass is 315 g/mol. The molecule has 96 valence electrons. The Morgan fingerprint density at radius 2 is 2.06 bits per heavy atom. The lowest BCUT2D eigenvalue weighted by Gasteiger charge is -2.20. The molecular weight excluding hydrogens is 294 g/mol.